The Morgan fingerprint density at radius 3 is 2.65 bits per heavy atom. The summed E-state index contributed by atoms with van der Waals surface area (Å²) >= 11 is 0. The minimum Gasteiger partial charge on any atom is -0.370 e. The fourth-order valence-electron chi connectivity index (χ4n) is 1.36. The maximum atomic E-state index is 11.8. The molecule has 1 rings (SSSR count). The minimum atomic E-state index is -4.41. The van der Waals surface area contributed by atoms with Crippen LogP contribution in [-0.4, -0.2) is 40.8 Å². The van der Waals surface area contributed by atoms with Gasteiger partial charge in [-0.25, -0.2) is 4.98 Å². The number of nitrogens with two attached hydrogens (primary N) is 1. The van der Waals surface area contributed by atoms with Crippen LogP contribution in [0.25, 0.3) is 0 Å². The predicted octanol–water partition coefficient (Wildman–Crippen LogP) is 1.27. The molecule has 0 aliphatic rings. The van der Waals surface area contributed by atoms with Crippen molar-refractivity contribution >= 4 is 17.5 Å². The van der Waals surface area contributed by atoms with Gasteiger partial charge >= 0.3 is 11.9 Å². The summed E-state index contributed by atoms with van der Waals surface area (Å²) in [6.07, 6.45) is -4.41. The minimum absolute atomic E-state index is 0.0567. The summed E-state index contributed by atoms with van der Waals surface area (Å²) in [5, 5.41) is 13.3. The van der Waals surface area contributed by atoms with Gasteiger partial charge < -0.3 is 15.8 Å². The quantitative estimate of drug-likeness (QED) is 0.461. The summed E-state index contributed by atoms with van der Waals surface area (Å²) in [5.74, 6) is -0.331. The maximum Gasteiger partial charge on any atom is 0.411 e. The largest absolute Gasteiger partial charge is 0.411 e. The fourth-order valence-corrected chi connectivity index (χ4v) is 1.36. The number of aromatic nitrogens is 2. The lowest BCUT2D eigenvalue weighted by Gasteiger charge is -2.09. The Balaban J connectivity index is 2.62. The van der Waals surface area contributed by atoms with Gasteiger partial charge in [-0.2, -0.15) is 18.2 Å². The van der Waals surface area contributed by atoms with Crippen LogP contribution in [0.3, 0.4) is 0 Å². The number of hydrogen-bond acceptors (Lipinski definition) is 7. The second-order valence-electron chi connectivity index (χ2n) is 3.72. The maximum absolute atomic E-state index is 11.8. The number of halogens is 3. The zero-order chi connectivity index (χ0) is 15.3. The summed E-state index contributed by atoms with van der Waals surface area (Å²) < 4.78 is 39.8. The molecule has 112 valence electrons. The van der Waals surface area contributed by atoms with E-state index in [9.17, 15) is 23.3 Å². The van der Waals surface area contributed by atoms with Crippen LogP contribution in [0.5, 0.6) is 0 Å². The number of alkyl halides is 3. The second kappa shape index (κ2) is 6.32. The lowest BCUT2D eigenvalue weighted by atomic mass is 10.3. The smallest absolute Gasteiger partial charge is 0.370 e. The van der Waals surface area contributed by atoms with E-state index >= 15 is 0 Å². The number of nitro groups is 1. The third kappa shape index (κ3) is 4.84. The van der Waals surface area contributed by atoms with Gasteiger partial charge in [0.05, 0.1) is 11.5 Å². The highest BCUT2D eigenvalue weighted by molar-refractivity contribution is 5.60. The molecule has 0 fully saturated rings. The van der Waals surface area contributed by atoms with Crippen LogP contribution in [0.1, 0.15) is 5.69 Å². The van der Waals surface area contributed by atoms with Crippen molar-refractivity contribution < 1.29 is 22.8 Å². The fraction of sp³-hybridized carbons (Fsp3) is 0.556. The van der Waals surface area contributed by atoms with Gasteiger partial charge in [-0.15, -0.1) is 0 Å². The number of anilines is 2. The molecular weight excluding hydrogens is 283 g/mol. The van der Waals surface area contributed by atoms with Gasteiger partial charge in [0.15, 0.2) is 0 Å². The first-order chi connectivity index (χ1) is 9.20. The first-order valence-corrected chi connectivity index (χ1v) is 5.37. The molecule has 0 unspecified atom stereocenters. The molecule has 11 heteroatoms. The van der Waals surface area contributed by atoms with Gasteiger partial charge in [-0.05, 0) is 6.92 Å². The molecule has 20 heavy (non-hydrogen) atoms. The van der Waals surface area contributed by atoms with Crippen molar-refractivity contribution in [3.05, 3.63) is 15.8 Å². The van der Waals surface area contributed by atoms with Gasteiger partial charge in [0.25, 0.3) is 0 Å². The molecule has 0 aliphatic carbocycles. The Morgan fingerprint density at radius 2 is 2.10 bits per heavy atom. The highest BCUT2D eigenvalue weighted by Crippen LogP contribution is 2.25. The summed E-state index contributed by atoms with van der Waals surface area (Å²) in [5.41, 5.74) is 5.03. The molecule has 3 N–H and O–H groups in total. The van der Waals surface area contributed by atoms with Crippen molar-refractivity contribution in [2.45, 2.75) is 13.1 Å². The van der Waals surface area contributed by atoms with Gasteiger partial charge in [0, 0.05) is 6.54 Å². The Bertz CT molecular complexity index is 494. The Hall–Kier alpha value is -2.17. The van der Waals surface area contributed by atoms with E-state index in [2.05, 4.69) is 20.0 Å². The lowest BCUT2D eigenvalue weighted by Crippen LogP contribution is -2.20. The van der Waals surface area contributed by atoms with Crippen molar-refractivity contribution in [2.75, 3.05) is 30.8 Å². The molecule has 8 nitrogen and oxygen atoms in total. The molecule has 0 aromatic carbocycles. The zero-order valence-corrected chi connectivity index (χ0v) is 10.4. The van der Waals surface area contributed by atoms with Crippen molar-refractivity contribution in [1.82, 2.24) is 9.97 Å². The normalized spacial score (nSPS) is 11.4. The average molecular weight is 295 g/mol. The molecular formula is C9H12F3N5O3. The number of rotatable bonds is 6. The van der Waals surface area contributed by atoms with E-state index in [0.29, 0.717) is 0 Å². The SMILES string of the molecule is Cc1nc(N)nc(NCCOCC(F)(F)F)c1[N+](=O)[O-]. The molecule has 0 spiro atoms. The molecule has 0 atom stereocenters. The highest BCUT2D eigenvalue weighted by Gasteiger charge is 2.27. The molecule has 1 aromatic heterocycles. The van der Waals surface area contributed by atoms with Gasteiger partial charge in [-0.1, -0.05) is 0 Å². The van der Waals surface area contributed by atoms with Crippen molar-refractivity contribution in [1.29, 1.82) is 0 Å². The van der Waals surface area contributed by atoms with Gasteiger partial charge in [0.2, 0.25) is 11.8 Å². The Kier molecular flexibility index (Phi) is 5.02. The van der Waals surface area contributed by atoms with Crippen LogP contribution < -0.4 is 11.1 Å². The standard InChI is InChI=1S/C9H12F3N5O3/c1-5-6(17(18)19)7(16-8(13)15-5)14-2-3-20-4-9(10,11)12/h2-4H2,1H3,(H3,13,14,15,16). The number of aryl methyl sites for hydroxylation is 1. The van der Waals surface area contributed by atoms with E-state index in [4.69, 9.17) is 5.73 Å². The van der Waals surface area contributed by atoms with E-state index < -0.39 is 17.7 Å². The van der Waals surface area contributed by atoms with Crippen LogP contribution in [0.15, 0.2) is 0 Å². The van der Waals surface area contributed by atoms with E-state index in [1.165, 1.54) is 6.92 Å². The van der Waals surface area contributed by atoms with E-state index in [1.807, 2.05) is 0 Å². The number of nitrogens with zero attached hydrogens (tertiary/aromatic N) is 3. The van der Waals surface area contributed by atoms with Crippen LogP contribution in [0.4, 0.5) is 30.6 Å². The molecule has 0 amide bonds. The molecule has 1 heterocycles. The number of nitrogens with one attached hydrogen (secondary N) is 1. The third-order valence-corrected chi connectivity index (χ3v) is 2.06. The number of nitrogen functional groups attached to an aromatic ring is 1. The monoisotopic (exact) mass is 295 g/mol. The number of ether oxygens (including phenoxy) is 1. The predicted molar refractivity (Wildman–Crippen MR) is 63.2 cm³/mol. The van der Waals surface area contributed by atoms with Crippen LogP contribution in [0, 0.1) is 17.0 Å². The van der Waals surface area contributed by atoms with E-state index in [0.717, 1.165) is 0 Å². The summed E-state index contributed by atoms with van der Waals surface area (Å²) in [4.78, 5) is 17.4. The highest BCUT2D eigenvalue weighted by atomic mass is 19.4. The van der Waals surface area contributed by atoms with Crippen LogP contribution in [-0.2, 0) is 4.74 Å². The van der Waals surface area contributed by atoms with Crippen molar-refractivity contribution in [3.8, 4) is 0 Å². The molecule has 0 bridgehead atoms. The molecule has 1 aromatic rings. The van der Waals surface area contributed by atoms with Crippen molar-refractivity contribution in [3.63, 3.8) is 0 Å². The molecule has 0 saturated carbocycles. The van der Waals surface area contributed by atoms with E-state index in [1.54, 1.807) is 0 Å². The molecule has 0 radical (unpaired) electrons. The Labute approximate surface area is 111 Å². The van der Waals surface area contributed by atoms with E-state index in [-0.39, 0.29) is 36.3 Å². The number of hydrogen-bond donors (Lipinski definition) is 2. The lowest BCUT2D eigenvalue weighted by molar-refractivity contribution is -0.385. The van der Waals surface area contributed by atoms with Gasteiger partial charge in [-0.3, -0.25) is 10.1 Å². The van der Waals surface area contributed by atoms with Gasteiger partial charge in [0.1, 0.15) is 12.3 Å². The molecule has 0 aliphatic heterocycles. The van der Waals surface area contributed by atoms with Crippen LogP contribution >= 0.6 is 0 Å². The average Bonchev–Trinajstić information content (AvgIpc) is 2.25. The zero-order valence-electron chi connectivity index (χ0n) is 10.4. The third-order valence-electron chi connectivity index (χ3n) is 2.06. The first kappa shape index (κ1) is 15.9. The second-order valence-corrected chi connectivity index (χ2v) is 3.72. The summed E-state index contributed by atoms with van der Waals surface area (Å²) in [7, 11) is 0. The summed E-state index contributed by atoms with van der Waals surface area (Å²) in [6.45, 7) is -0.393. The van der Waals surface area contributed by atoms with Crippen LogP contribution in [0.2, 0.25) is 0 Å². The summed E-state index contributed by atoms with van der Waals surface area (Å²) in [6, 6.07) is 0. The Morgan fingerprint density at radius 1 is 1.45 bits per heavy atom. The topological polar surface area (TPSA) is 116 Å². The molecule has 0 saturated heterocycles. The first-order valence-electron chi connectivity index (χ1n) is 5.37. The van der Waals surface area contributed by atoms with Crippen molar-refractivity contribution in [2.24, 2.45) is 0 Å².